The van der Waals surface area contributed by atoms with Crippen LogP contribution in [0.5, 0.6) is 0 Å². The summed E-state index contributed by atoms with van der Waals surface area (Å²) >= 11 is 0. The molecule has 0 spiro atoms. The molecule has 15 heavy (non-hydrogen) atoms. The molecule has 0 aromatic carbocycles. The van der Waals surface area contributed by atoms with E-state index in [1.807, 2.05) is 0 Å². The van der Waals surface area contributed by atoms with Gasteiger partial charge >= 0.3 is 0 Å². The third kappa shape index (κ3) is 4.98. The Balaban J connectivity index is 2.09. The van der Waals surface area contributed by atoms with Crippen LogP contribution >= 0.6 is 0 Å². The van der Waals surface area contributed by atoms with Crippen LogP contribution in [-0.2, 0) is 0 Å². The number of hydrogen-bond acceptors (Lipinski definition) is 2. The molecule has 2 N–H and O–H groups in total. The van der Waals surface area contributed by atoms with Crippen LogP contribution < -0.4 is 5.32 Å². The molecule has 0 saturated heterocycles. The summed E-state index contributed by atoms with van der Waals surface area (Å²) in [7, 11) is 0. The molecular weight excluding hydrogens is 186 g/mol. The monoisotopic (exact) mass is 213 g/mol. The van der Waals surface area contributed by atoms with Gasteiger partial charge in [0.25, 0.3) is 0 Å². The maximum atomic E-state index is 9.69. The smallest absolute Gasteiger partial charge is 0.0693 e. The van der Waals surface area contributed by atoms with Crippen LogP contribution in [0.25, 0.3) is 0 Å². The number of aliphatic hydroxyl groups is 1. The highest BCUT2D eigenvalue weighted by atomic mass is 16.3. The van der Waals surface area contributed by atoms with Crippen molar-refractivity contribution in [3.63, 3.8) is 0 Å². The van der Waals surface area contributed by atoms with Gasteiger partial charge in [-0.2, -0.15) is 0 Å². The molecule has 1 fully saturated rings. The summed E-state index contributed by atoms with van der Waals surface area (Å²) in [6.07, 6.45) is 7.07. The van der Waals surface area contributed by atoms with E-state index in [0.29, 0.717) is 12.1 Å². The zero-order chi connectivity index (χ0) is 11.3. The van der Waals surface area contributed by atoms with E-state index in [1.54, 1.807) is 0 Å². The Morgan fingerprint density at radius 2 is 1.93 bits per heavy atom. The lowest BCUT2D eigenvalue weighted by molar-refractivity contribution is 0.143. The molecule has 0 heterocycles. The summed E-state index contributed by atoms with van der Waals surface area (Å²) in [5, 5.41) is 13.2. The summed E-state index contributed by atoms with van der Waals surface area (Å²) in [5.74, 6) is 0.814. The maximum Gasteiger partial charge on any atom is 0.0693 e. The average molecular weight is 213 g/mol. The topological polar surface area (TPSA) is 32.3 Å². The van der Waals surface area contributed by atoms with Crippen molar-refractivity contribution in [1.82, 2.24) is 5.32 Å². The second-order valence-electron chi connectivity index (χ2n) is 5.50. The van der Waals surface area contributed by atoms with E-state index < -0.39 is 0 Å². The van der Waals surface area contributed by atoms with Crippen molar-refractivity contribution >= 4 is 0 Å². The first-order valence-corrected chi connectivity index (χ1v) is 6.53. The van der Waals surface area contributed by atoms with Gasteiger partial charge in [0.1, 0.15) is 0 Å². The van der Waals surface area contributed by atoms with E-state index in [2.05, 4.69) is 26.1 Å². The first kappa shape index (κ1) is 13.0. The van der Waals surface area contributed by atoms with E-state index in [1.165, 1.54) is 25.7 Å². The normalized spacial score (nSPS) is 28.6. The molecule has 1 rings (SSSR count). The zero-order valence-electron chi connectivity index (χ0n) is 10.5. The quantitative estimate of drug-likeness (QED) is 0.711. The number of aliphatic hydroxyl groups excluding tert-OH is 1. The highest BCUT2D eigenvalue weighted by molar-refractivity contribution is 4.84. The van der Waals surface area contributed by atoms with Gasteiger partial charge < -0.3 is 10.4 Å². The minimum atomic E-state index is -0.0995. The fraction of sp³-hybridized carbons (Fsp3) is 1.00. The third-order valence-corrected chi connectivity index (χ3v) is 3.40. The molecule has 0 aliphatic heterocycles. The molecule has 1 saturated carbocycles. The molecule has 1 aliphatic rings. The predicted octanol–water partition coefficient (Wildman–Crippen LogP) is 2.70. The summed E-state index contributed by atoms with van der Waals surface area (Å²) in [5.41, 5.74) is 0. The fourth-order valence-corrected chi connectivity index (χ4v) is 2.42. The molecule has 3 atom stereocenters. The number of hydrogen-bond donors (Lipinski definition) is 2. The molecule has 90 valence electrons. The molecule has 0 radical (unpaired) electrons. The van der Waals surface area contributed by atoms with Crippen LogP contribution in [0.2, 0.25) is 0 Å². The van der Waals surface area contributed by atoms with E-state index in [0.717, 1.165) is 18.8 Å². The lowest BCUT2D eigenvalue weighted by Crippen LogP contribution is -2.41. The molecule has 0 bridgehead atoms. The van der Waals surface area contributed by atoms with Crippen molar-refractivity contribution in [2.75, 3.05) is 0 Å². The van der Waals surface area contributed by atoms with E-state index >= 15 is 0 Å². The largest absolute Gasteiger partial charge is 0.392 e. The third-order valence-electron chi connectivity index (χ3n) is 3.40. The lowest BCUT2D eigenvalue weighted by Gasteiger charge is -2.22. The predicted molar refractivity (Wildman–Crippen MR) is 64.9 cm³/mol. The van der Waals surface area contributed by atoms with Gasteiger partial charge in [-0.1, -0.05) is 26.7 Å². The van der Waals surface area contributed by atoms with Crippen molar-refractivity contribution in [3.05, 3.63) is 0 Å². The second kappa shape index (κ2) is 6.49. The Kier molecular flexibility index (Phi) is 5.62. The zero-order valence-corrected chi connectivity index (χ0v) is 10.5. The minimum Gasteiger partial charge on any atom is -0.392 e. The van der Waals surface area contributed by atoms with Gasteiger partial charge in [-0.15, -0.1) is 0 Å². The molecule has 2 nitrogen and oxygen atoms in total. The molecule has 1 aliphatic carbocycles. The Morgan fingerprint density at radius 3 is 2.47 bits per heavy atom. The SMILES string of the molecule is CC(C)CCCC(C)N[C@@H]1CCC[C@H]1O. The van der Waals surface area contributed by atoms with Crippen LogP contribution in [-0.4, -0.2) is 23.3 Å². The van der Waals surface area contributed by atoms with Crippen molar-refractivity contribution in [2.24, 2.45) is 5.92 Å². The second-order valence-corrected chi connectivity index (χ2v) is 5.50. The van der Waals surface area contributed by atoms with Gasteiger partial charge in [0.15, 0.2) is 0 Å². The van der Waals surface area contributed by atoms with Crippen LogP contribution in [0.1, 0.15) is 59.3 Å². The Labute approximate surface area is 94.5 Å². The van der Waals surface area contributed by atoms with Gasteiger partial charge in [-0.3, -0.25) is 0 Å². The molecule has 0 aromatic heterocycles. The fourth-order valence-electron chi connectivity index (χ4n) is 2.42. The first-order valence-electron chi connectivity index (χ1n) is 6.53. The van der Waals surface area contributed by atoms with Crippen molar-refractivity contribution in [1.29, 1.82) is 0 Å². The Hall–Kier alpha value is -0.0800. The highest BCUT2D eigenvalue weighted by Gasteiger charge is 2.25. The molecular formula is C13H27NO. The van der Waals surface area contributed by atoms with Crippen LogP contribution in [0.4, 0.5) is 0 Å². The van der Waals surface area contributed by atoms with Crippen LogP contribution in [0.3, 0.4) is 0 Å². The van der Waals surface area contributed by atoms with Gasteiger partial charge in [-0.25, -0.2) is 0 Å². The van der Waals surface area contributed by atoms with Gasteiger partial charge in [-0.05, 0) is 38.5 Å². The minimum absolute atomic E-state index is 0.0995. The molecule has 1 unspecified atom stereocenters. The number of rotatable bonds is 6. The Bertz CT molecular complexity index is 170. The highest BCUT2D eigenvalue weighted by Crippen LogP contribution is 2.20. The summed E-state index contributed by atoms with van der Waals surface area (Å²) in [6.45, 7) is 6.79. The summed E-state index contributed by atoms with van der Waals surface area (Å²) in [6, 6.07) is 0.917. The van der Waals surface area contributed by atoms with Gasteiger partial charge in [0, 0.05) is 12.1 Å². The van der Waals surface area contributed by atoms with Crippen molar-refractivity contribution in [2.45, 2.75) is 77.5 Å². The summed E-state index contributed by atoms with van der Waals surface area (Å²) < 4.78 is 0. The molecule has 0 amide bonds. The first-order chi connectivity index (χ1) is 7.09. The van der Waals surface area contributed by atoms with E-state index in [4.69, 9.17) is 0 Å². The Morgan fingerprint density at radius 1 is 1.20 bits per heavy atom. The van der Waals surface area contributed by atoms with Crippen LogP contribution in [0, 0.1) is 5.92 Å². The maximum absolute atomic E-state index is 9.69. The summed E-state index contributed by atoms with van der Waals surface area (Å²) in [4.78, 5) is 0. The standard InChI is InChI=1S/C13H27NO/c1-10(2)6-4-7-11(3)14-12-8-5-9-13(12)15/h10-15H,4-9H2,1-3H3/t11?,12-,13-/m1/s1. The molecule has 2 heteroatoms. The van der Waals surface area contributed by atoms with Crippen LogP contribution in [0.15, 0.2) is 0 Å². The van der Waals surface area contributed by atoms with Crippen molar-refractivity contribution in [3.8, 4) is 0 Å². The van der Waals surface area contributed by atoms with Crippen molar-refractivity contribution < 1.29 is 5.11 Å². The number of nitrogens with one attached hydrogen (secondary N) is 1. The van der Waals surface area contributed by atoms with E-state index in [-0.39, 0.29) is 6.10 Å². The van der Waals surface area contributed by atoms with Gasteiger partial charge in [0.2, 0.25) is 0 Å². The lowest BCUT2D eigenvalue weighted by atomic mass is 10.0. The van der Waals surface area contributed by atoms with E-state index in [9.17, 15) is 5.11 Å². The van der Waals surface area contributed by atoms with Gasteiger partial charge in [0.05, 0.1) is 6.10 Å². The molecule has 0 aromatic rings. The average Bonchev–Trinajstić information content (AvgIpc) is 2.51.